The van der Waals surface area contributed by atoms with Gasteiger partial charge >= 0.3 is 0 Å². The molecule has 1 aromatic heterocycles. The van der Waals surface area contributed by atoms with Gasteiger partial charge in [-0.25, -0.2) is 13.8 Å². The quantitative estimate of drug-likeness (QED) is 0.753. The lowest BCUT2D eigenvalue weighted by molar-refractivity contribution is 0.617. The van der Waals surface area contributed by atoms with E-state index < -0.39 is 5.82 Å². The highest BCUT2D eigenvalue weighted by molar-refractivity contribution is 9.10. The average molecular weight is 296 g/mol. The van der Waals surface area contributed by atoms with Gasteiger partial charge in [-0.1, -0.05) is 30.4 Å². The van der Waals surface area contributed by atoms with Gasteiger partial charge in [-0.2, -0.15) is 0 Å². The van der Waals surface area contributed by atoms with E-state index in [1.165, 1.54) is 24.3 Å². The molecule has 0 saturated heterocycles. The highest BCUT2D eigenvalue weighted by Gasteiger charge is 2.01. The molecule has 1 aromatic carbocycles. The standard InChI is InChI=1S/C13H8BrF2N/c14-13-7-10(12(16)8-17-13)6-5-9-3-1-2-4-11(9)15/h1-8H/b6-5+. The first-order chi connectivity index (χ1) is 8.16. The van der Waals surface area contributed by atoms with Crippen molar-refractivity contribution in [3.63, 3.8) is 0 Å². The largest absolute Gasteiger partial charge is 0.246 e. The fourth-order valence-corrected chi connectivity index (χ4v) is 1.69. The molecule has 0 N–H and O–H groups in total. The van der Waals surface area contributed by atoms with E-state index in [1.54, 1.807) is 18.2 Å². The second kappa shape index (κ2) is 5.19. The molecule has 0 aliphatic carbocycles. The summed E-state index contributed by atoms with van der Waals surface area (Å²) in [5, 5.41) is 0. The van der Waals surface area contributed by atoms with Crippen LogP contribution in [0.1, 0.15) is 11.1 Å². The van der Waals surface area contributed by atoms with Gasteiger partial charge in [-0.15, -0.1) is 0 Å². The Hall–Kier alpha value is -1.55. The SMILES string of the molecule is Fc1ccccc1/C=C/c1cc(Br)ncc1F. The van der Waals surface area contributed by atoms with Gasteiger partial charge in [0.25, 0.3) is 0 Å². The second-order valence-corrected chi connectivity index (χ2v) is 4.20. The number of hydrogen-bond donors (Lipinski definition) is 0. The molecule has 2 rings (SSSR count). The summed E-state index contributed by atoms with van der Waals surface area (Å²) in [6.07, 6.45) is 4.16. The monoisotopic (exact) mass is 295 g/mol. The normalized spacial score (nSPS) is 11.0. The molecule has 0 amide bonds. The lowest BCUT2D eigenvalue weighted by atomic mass is 10.1. The Morgan fingerprint density at radius 3 is 2.47 bits per heavy atom. The predicted octanol–water partition coefficient (Wildman–Crippen LogP) is 4.29. The number of benzene rings is 1. The van der Waals surface area contributed by atoms with Crippen molar-refractivity contribution in [2.24, 2.45) is 0 Å². The minimum Gasteiger partial charge on any atom is -0.246 e. The van der Waals surface area contributed by atoms with E-state index in [-0.39, 0.29) is 5.82 Å². The van der Waals surface area contributed by atoms with Crippen LogP contribution < -0.4 is 0 Å². The molecule has 17 heavy (non-hydrogen) atoms. The summed E-state index contributed by atoms with van der Waals surface area (Å²) in [7, 11) is 0. The van der Waals surface area contributed by atoms with Crippen LogP contribution in [-0.2, 0) is 0 Å². The summed E-state index contributed by atoms with van der Waals surface area (Å²) in [6, 6.07) is 7.85. The topological polar surface area (TPSA) is 12.9 Å². The Morgan fingerprint density at radius 2 is 1.71 bits per heavy atom. The molecule has 0 saturated carbocycles. The van der Waals surface area contributed by atoms with Crippen LogP contribution in [0.25, 0.3) is 12.2 Å². The molecule has 0 atom stereocenters. The smallest absolute Gasteiger partial charge is 0.148 e. The highest BCUT2D eigenvalue weighted by Crippen LogP contribution is 2.16. The zero-order valence-corrected chi connectivity index (χ0v) is 10.3. The Kier molecular flexibility index (Phi) is 3.64. The molecule has 1 heterocycles. The van der Waals surface area contributed by atoms with Gasteiger partial charge in [0.2, 0.25) is 0 Å². The summed E-state index contributed by atoms with van der Waals surface area (Å²) >= 11 is 3.15. The number of halogens is 3. The third kappa shape index (κ3) is 2.97. The first-order valence-corrected chi connectivity index (χ1v) is 5.70. The molecule has 0 radical (unpaired) electrons. The van der Waals surface area contributed by atoms with Crippen LogP contribution in [0.2, 0.25) is 0 Å². The molecule has 0 bridgehead atoms. The van der Waals surface area contributed by atoms with Crippen LogP contribution in [0, 0.1) is 11.6 Å². The molecule has 4 heteroatoms. The zero-order chi connectivity index (χ0) is 12.3. The third-order valence-corrected chi connectivity index (χ3v) is 2.63. The van der Waals surface area contributed by atoms with Gasteiger partial charge < -0.3 is 0 Å². The number of hydrogen-bond acceptors (Lipinski definition) is 1. The Labute approximate surface area is 106 Å². The van der Waals surface area contributed by atoms with Gasteiger partial charge in [0.1, 0.15) is 16.2 Å². The van der Waals surface area contributed by atoms with E-state index in [1.807, 2.05) is 0 Å². The van der Waals surface area contributed by atoms with Gasteiger partial charge in [-0.3, -0.25) is 0 Å². The minimum absolute atomic E-state index is 0.336. The average Bonchev–Trinajstić information content (AvgIpc) is 2.32. The summed E-state index contributed by atoms with van der Waals surface area (Å²) in [5.41, 5.74) is 0.773. The van der Waals surface area contributed by atoms with Gasteiger partial charge in [0, 0.05) is 11.1 Å². The van der Waals surface area contributed by atoms with Gasteiger partial charge in [0.05, 0.1) is 6.20 Å². The Morgan fingerprint density at radius 1 is 1.00 bits per heavy atom. The fourth-order valence-electron chi connectivity index (χ4n) is 1.34. The number of rotatable bonds is 2. The summed E-state index contributed by atoms with van der Waals surface area (Å²) in [4.78, 5) is 3.75. The molecular weight excluding hydrogens is 288 g/mol. The van der Waals surface area contributed by atoms with Crippen molar-refractivity contribution in [2.75, 3.05) is 0 Å². The van der Waals surface area contributed by atoms with Crippen molar-refractivity contribution in [3.05, 3.63) is 63.9 Å². The molecule has 1 nitrogen and oxygen atoms in total. The van der Waals surface area contributed by atoms with Gasteiger partial charge in [-0.05, 0) is 28.1 Å². The van der Waals surface area contributed by atoms with Crippen molar-refractivity contribution < 1.29 is 8.78 Å². The lowest BCUT2D eigenvalue weighted by Gasteiger charge is -1.98. The zero-order valence-electron chi connectivity index (χ0n) is 8.70. The van der Waals surface area contributed by atoms with Crippen LogP contribution in [0.15, 0.2) is 41.1 Å². The number of nitrogens with zero attached hydrogens (tertiary/aromatic N) is 1. The second-order valence-electron chi connectivity index (χ2n) is 3.38. The van der Waals surface area contributed by atoms with E-state index in [2.05, 4.69) is 20.9 Å². The molecule has 0 unspecified atom stereocenters. The Bertz CT molecular complexity index is 567. The number of pyridine rings is 1. The maximum Gasteiger partial charge on any atom is 0.148 e. The van der Waals surface area contributed by atoms with Crippen LogP contribution in [0.5, 0.6) is 0 Å². The van der Waals surface area contributed by atoms with E-state index in [4.69, 9.17) is 0 Å². The van der Waals surface area contributed by atoms with Gasteiger partial charge in [0.15, 0.2) is 0 Å². The first kappa shape index (κ1) is 11.9. The molecule has 2 aromatic rings. The van der Waals surface area contributed by atoms with Crippen molar-refractivity contribution in [1.29, 1.82) is 0 Å². The van der Waals surface area contributed by atoms with Crippen molar-refractivity contribution in [2.45, 2.75) is 0 Å². The summed E-state index contributed by atoms with van der Waals surface area (Å²) < 4.78 is 27.2. The Balaban J connectivity index is 2.32. The van der Waals surface area contributed by atoms with E-state index in [9.17, 15) is 8.78 Å². The van der Waals surface area contributed by atoms with Crippen molar-refractivity contribution >= 4 is 28.1 Å². The third-order valence-electron chi connectivity index (χ3n) is 2.20. The van der Waals surface area contributed by atoms with E-state index in [0.29, 0.717) is 15.7 Å². The summed E-state index contributed by atoms with van der Waals surface area (Å²) in [6.45, 7) is 0. The van der Waals surface area contributed by atoms with Crippen LogP contribution in [0.3, 0.4) is 0 Å². The van der Waals surface area contributed by atoms with Crippen molar-refractivity contribution in [3.8, 4) is 0 Å². The van der Waals surface area contributed by atoms with E-state index in [0.717, 1.165) is 6.20 Å². The number of aromatic nitrogens is 1. The van der Waals surface area contributed by atoms with Crippen molar-refractivity contribution in [1.82, 2.24) is 4.98 Å². The molecule has 0 aliphatic heterocycles. The molecule has 0 spiro atoms. The maximum atomic E-state index is 13.3. The van der Waals surface area contributed by atoms with E-state index >= 15 is 0 Å². The predicted molar refractivity (Wildman–Crippen MR) is 67.2 cm³/mol. The van der Waals surface area contributed by atoms with Crippen LogP contribution >= 0.6 is 15.9 Å². The first-order valence-electron chi connectivity index (χ1n) is 4.90. The molecule has 0 aliphatic rings. The fraction of sp³-hybridized carbons (Fsp3) is 0. The summed E-state index contributed by atoms with van der Waals surface area (Å²) in [5.74, 6) is -0.780. The molecule has 86 valence electrons. The highest BCUT2D eigenvalue weighted by atomic mass is 79.9. The lowest BCUT2D eigenvalue weighted by Crippen LogP contribution is -1.85. The minimum atomic E-state index is -0.444. The van der Waals surface area contributed by atoms with Crippen LogP contribution in [0.4, 0.5) is 8.78 Å². The maximum absolute atomic E-state index is 13.3. The van der Waals surface area contributed by atoms with Crippen LogP contribution in [-0.4, -0.2) is 4.98 Å². The molecule has 0 fully saturated rings. The molecular formula is C13H8BrF2N.